The lowest BCUT2D eigenvalue weighted by atomic mass is 10.0. The first kappa shape index (κ1) is 20.1. The Labute approximate surface area is 157 Å². The van der Waals surface area contributed by atoms with Gasteiger partial charge in [0.1, 0.15) is 11.9 Å². The average Bonchev–Trinajstić information content (AvgIpc) is 2.64. The molecule has 7 heteroatoms. The summed E-state index contributed by atoms with van der Waals surface area (Å²) < 4.78 is 12.9. The summed E-state index contributed by atoms with van der Waals surface area (Å²) >= 11 is 0. The number of carbonyl (C=O) groups excluding carboxylic acids is 3. The van der Waals surface area contributed by atoms with Gasteiger partial charge in [-0.15, -0.1) is 0 Å². The number of hydrogen-bond donors (Lipinski definition) is 3. The van der Waals surface area contributed by atoms with Gasteiger partial charge in [-0.25, -0.2) is 4.39 Å². The number of rotatable bonds is 5. The Morgan fingerprint density at radius 3 is 2.15 bits per heavy atom. The number of benzene rings is 2. The topological polar surface area (TPSA) is 87.3 Å². The molecule has 3 N–H and O–H groups in total. The van der Waals surface area contributed by atoms with E-state index in [1.165, 1.54) is 12.1 Å². The van der Waals surface area contributed by atoms with E-state index < -0.39 is 23.7 Å². The molecule has 27 heavy (non-hydrogen) atoms. The molecule has 0 aliphatic rings. The number of nitrogens with one attached hydrogen (secondary N) is 3. The molecule has 0 aliphatic heterocycles. The number of amides is 3. The van der Waals surface area contributed by atoms with E-state index in [0.717, 1.165) is 17.7 Å². The van der Waals surface area contributed by atoms with Gasteiger partial charge < -0.3 is 5.32 Å². The molecule has 0 spiro atoms. The highest BCUT2D eigenvalue weighted by Gasteiger charge is 2.25. The molecule has 1 unspecified atom stereocenters. The van der Waals surface area contributed by atoms with Crippen molar-refractivity contribution < 1.29 is 18.8 Å². The molecule has 0 saturated carbocycles. The van der Waals surface area contributed by atoms with Crippen molar-refractivity contribution in [3.63, 3.8) is 0 Å². The molecular weight excluding hydrogens is 349 g/mol. The van der Waals surface area contributed by atoms with Crippen molar-refractivity contribution in [2.24, 2.45) is 5.92 Å². The summed E-state index contributed by atoms with van der Waals surface area (Å²) in [5, 5.41) is 2.68. The molecule has 0 aromatic heterocycles. The largest absolute Gasteiger partial charge is 0.340 e. The zero-order valence-electron chi connectivity index (χ0n) is 15.4. The highest BCUT2D eigenvalue weighted by molar-refractivity contribution is 5.99. The van der Waals surface area contributed by atoms with Gasteiger partial charge in [-0.1, -0.05) is 31.5 Å². The average molecular weight is 371 g/mol. The lowest BCUT2D eigenvalue weighted by Gasteiger charge is -2.22. The first-order chi connectivity index (χ1) is 12.8. The normalized spacial score (nSPS) is 11.6. The van der Waals surface area contributed by atoms with Gasteiger partial charge in [0, 0.05) is 11.1 Å². The van der Waals surface area contributed by atoms with E-state index in [-0.39, 0.29) is 17.4 Å². The number of hydrazine groups is 1. The Bertz CT molecular complexity index is 835. The number of aryl methyl sites for hydroxylation is 1. The van der Waals surface area contributed by atoms with E-state index in [1.54, 1.807) is 32.0 Å². The van der Waals surface area contributed by atoms with Crippen molar-refractivity contribution in [3.05, 3.63) is 71.0 Å². The van der Waals surface area contributed by atoms with Gasteiger partial charge in [-0.05, 0) is 49.2 Å². The van der Waals surface area contributed by atoms with Crippen molar-refractivity contribution in [3.8, 4) is 0 Å². The van der Waals surface area contributed by atoms with Gasteiger partial charge in [-0.2, -0.15) is 0 Å². The zero-order chi connectivity index (χ0) is 20.0. The van der Waals surface area contributed by atoms with E-state index in [9.17, 15) is 18.8 Å². The van der Waals surface area contributed by atoms with Crippen molar-refractivity contribution in [2.75, 3.05) is 0 Å². The Kier molecular flexibility index (Phi) is 6.65. The van der Waals surface area contributed by atoms with Crippen LogP contribution in [0.5, 0.6) is 0 Å². The van der Waals surface area contributed by atoms with Crippen LogP contribution in [0.25, 0.3) is 0 Å². The molecule has 142 valence electrons. The number of carbonyl (C=O) groups is 3. The van der Waals surface area contributed by atoms with E-state index in [2.05, 4.69) is 16.2 Å². The van der Waals surface area contributed by atoms with E-state index in [1.807, 2.05) is 13.0 Å². The summed E-state index contributed by atoms with van der Waals surface area (Å²) in [6.45, 7) is 5.43. The van der Waals surface area contributed by atoms with Crippen LogP contribution < -0.4 is 16.2 Å². The zero-order valence-corrected chi connectivity index (χ0v) is 15.4. The molecule has 1 atom stereocenters. The van der Waals surface area contributed by atoms with Crippen LogP contribution >= 0.6 is 0 Å². The van der Waals surface area contributed by atoms with Crippen LogP contribution in [-0.2, 0) is 4.79 Å². The van der Waals surface area contributed by atoms with E-state index in [0.29, 0.717) is 5.56 Å². The number of hydrogen-bond acceptors (Lipinski definition) is 3. The van der Waals surface area contributed by atoms with Gasteiger partial charge in [0.25, 0.3) is 17.7 Å². The van der Waals surface area contributed by atoms with Gasteiger partial charge in [0.2, 0.25) is 0 Å². The van der Waals surface area contributed by atoms with Gasteiger partial charge in [0.15, 0.2) is 0 Å². The lowest BCUT2D eigenvalue weighted by Crippen LogP contribution is -2.54. The molecule has 0 fully saturated rings. The smallest absolute Gasteiger partial charge is 0.269 e. The fraction of sp³-hybridized carbons (Fsp3) is 0.250. The first-order valence-electron chi connectivity index (χ1n) is 8.51. The summed E-state index contributed by atoms with van der Waals surface area (Å²) in [5.41, 5.74) is 6.14. The Morgan fingerprint density at radius 2 is 1.56 bits per heavy atom. The third kappa shape index (κ3) is 5.64. The molecule has 3 amide bonds. The monoisotopic (exact) mass is 371 g/mol. The fourth-order valence-electron chi connectivity index (χ4n) is 2.42. The van der Waals surface area contributed by atoms with Crippen molar-refractivity contribution in [1.82, 2.24) is 16.2 Å². The quantitative estimate of drug-likeness (QED) is 0.705. The van der Waals surface area contributed by atoms with Crippen LogP contribution in [0.4, 0.5) is 4.39 Å². The minimum absolute atomic E-state index is 0.196. The second-order valence-electron chi connectivity index (χ2n) is 6.51. The van der Waals surface area contributed by atoms with Gasteiger partial charge in [0.05, 0.1) is 0 Å². The molecule has 2 rings (SSSR count). The van der Waals surface area contributed by atoms with Crippen LogP contribution in [0.15, 0.2) is 48.5 Å². The van der Waals surface area contributed by atoms with E-state index in [4.69, 9.17) is 0 Å². The summed E-state index contributed by atoms with van der Waals surface area (Å²) in [6, 6.07) is 11.1. The summed E-state index contributed by atoms with van der Waals surface area (Å²) in [6.07, 6.45) is 0. The first-order valence-corrected chi connectivity index (χ1v) is 8.51. The molecule has 0 saturated heterocycles. The minimum Gasteiger partial charge on any atom is -0.340 e. The highest BCUT2D eigenvalue weighted by atomic mass is 19.1. The molecule has 2 aromatic rings. The van der Waals surface area contributed by atoms with Crippen LogP contribution in [-0.4, -0.2) is 23.8 Å². The summed E-state index contributed by atoms with van der Waals surface area (Å²) in [4.78, 5) is 36.8. The standard InChI is InChI=1S/C20H22FN3O3/c1-12(2)17(22-18(25)15-6-4-5-13(3)11-15)20(27)24-23-19(26)14-7-9-16(21)10-8-14/h4-12,17H,1-3H3,(H,22,25)(H,23,26)(H,24,27). The molecule has 0 heterocycles. The number of halogens is 1. The highest BCUT2D eigenvalue weighted by Crippen LogP contribution is 2.07. The Balaban J connectivity index is 1.99. The van der Waals surface area contributed by atoms with E-state index >= 15 is 0 Å². The van der Waals surface area contributed by atoms with Crippen molar-refractivity contribution in [1.29, 1.82) is 0 Å². The molecule has 6 nitrogen and oxygen atoms in total. The maximum absolute atomic E-state index is 12.9. The maximum atomic E-state index is 12.9. The van der Waals surface area contributed by atoms with Crippen molar-refractivity contribution in [2.45, 2.75) is 26.8 Å². The lowest BCUT2D eigenvalue weighted by molar-refractivity contribution is -0.124. The Morgan fingerprint density at radius 1 is 0.889 bits per heavy atom. The Hall–Kier alpha value is -3.22. The van der Waals surface area contributed by atoms with Crippen LogP contribution in [0.3, 0.4) is 0 Å². The van der Waals surface area contributed by atoms with Gasteiger partial charge >= 0.3 is 0 Å². The maximum Gasteiger partial charge on any atom is 0.269 e. The SMILES string of the molecule is Cc1cccc(C(=O)NC(C(=O)NNC(=O)c2ccc(F)cc2)C(C)C)c1. The second-order valence-corrected chi connectivity index (χ2v) is 6.51. The summed E-state index contributed by atoms with van der Waals surface area (Å²) in [7, 11) is 0. The predicted molar refractivity (Wildman–Crippen MR) is 99.3 cm³/mol. The minimum atomic E-state index is -0.841. The third-order valence-electron chi connectivity index (χ3n) is 3.92. The molecule has 0 radical (unpaired) electrons. The van der Waals surface area contributed by atoms with Crippen LogP contribution in [0, 0.1) is 18.7 Å². The third-order valence-corrected chi connectivity index (χ3v) is 3.92. The second kappa shape index (κ2) is 8.93. The molecule has 0 bridgehead atoms. The predicted octanol–water partition coefficient (Wildman–Crippen LogP) is 2.35. The molecule has 0 aliphatic carbocycles. The van der Waals surface area contributed by atoms with Gasteiger partial charge in [-0.3, -0.25) is 25.2 Å². The van der Waals surface area contributed by atoms with Crippen LogP contribution in [0.1, 0.15) is 40.1 Å². The van der Waals surface area contributed by atoms with Crippen molar-refractivity contribution >= 4 is 17.7 Å². The fourth-order valence-corrected chi connectivity index (χ4v) is 2.42. The molecular formula is C20H22FN3O3. The molecule has 2 aromatic carbocycles. The van der Waals surface area contributed by atoms with Crippen LogP contribution in [0.2, 0.25) is 0 Å². The summed E-state index contributed by atoms with van der Waals surface area (Å²) in [5.74, 6) is -2.19.